The summed E-state index contributed by atoms with van der Waals surface area (Å²) in [5, 5.41) is 14.1. The van der Waals surface area contributed by atoms with Gasteiger partial charge in [-0.15, -0.1) is 0 Å². The van der Waals surface area contributed by atoms with E-state index in [0.29, 0.717) is 16.3 Å². The number of hydrogen-bond donors (Lipinski definition) is 3. The van der Waals surface area contributed by atoms with Gasteiger partial charge in [-0.2, -0.15) is 0 Å². The molecule has 0 bridgehead atoms. The monoisotopic (exact) mass is 493 g/mol. The number of aliphatic hydroxyl groups excluding tert-OH is 1. The molecule has 4 atom stereocenters. The number of benzene rings is 1. The maximum absolute atomic E-state index is 15.9. The van der Waals surface area contributed by atoms with Crippen LogP contribution in [0.2, 0.25) is 5.02 Å². The van der Waals surface area contributed by atoms with E-state index in [1.165, 1.54) is 18.2 Å². The number of rotatable bonds is 5. The summed E-state index contributed by atoms with van der Waals surface area (Å²) >= 11 is 12.0. The molecule has 0 radical (unpaired) electrons. The number of carbonyl (C=O) groups excluding carboxylic acids is 1. The molecule has 8 heteroatoms. The number of allylic oxidation sites excluding steroid dienone is 4. The van der Waals surface area contributed by atoms with Crippen LogP contribution in [0.3, 0.4) is 0 Å². The first-order chi connectivity index (χ1) is 15.8. The molecular weight excluding hydrogens is 464 g/mol. The van der Waals surface area contributed by atoms with Crippen LogP contribution in [0.25, 0.3) is 0 Å². The Morgan fingerprint density at radius 2 is 2.03 bits per heavy atom. The lowest BCUT2D eigenvalue weighted by Gasteiger charge is -2.43. The smallest absolute Gasteiger partial charge is 0.250 e. The molecule has 4 N–H and O–H groups in total. The van der Waals surface area contributed by atoms with Crippen LogP contribution in [0.15, 0.2) is 53.9 Å². The molecule has 1 aromatic carbocycles. The van der Waals surface area contributed by atoms with Gasteiger partial charge in [0.15, 0.2) is 0 Å². The number of carbonyl (C=O) groups is 1. The van der Waals surface area contributed by atoms with Crippen LogP contribution < -0.4 is 11.1 Å². The second kappa shape index (κ2) is 9.88. The first kappa shape index (κ1) is 24.4. The van der Waals surface area contributed by atoms with E-state index in [1.54, 1.807) is 18.2 Å². The molecule has 1 aromatic rings. The molecule has 1 saturated carbocycles. The van der Waals surface area contributed by atoms with E-state index in [2.05, 4.69) is 11.9 Å². The number of hydrogen-bond acceptors (Lipinski definition) is 4. The summed E-state index contributed by atoms with van der Waals surface area (Å²) < 4.78 is 15.9. The Bertz CT molecular complexity index is 990. The Morgan fingerprint density at radius 1 is 1.33 bits per heavy atom. The maximum atomic E-state index is 15.9. The van der Waals surface area contributed by atoms with Crippen LogP contribution in [0.5, 0.6) is 0 Å². The first-order valence-electron chi connectivity index (χ1n) is 11.5. The SMILES string of the molecule is C=C(Cl)/C=C\C=C(/F)[C@H]1[C@H](N)[C@H](CO)N(C2CCCCCC2)[C@@]12C(=O)Nc1cc(Cl)ccc12. The minimum absolute atomic E-state index is 0.000889. The minimum Gasteiger partial charge on any atom is -0.395 e. The number of nitrogens with one attached hydrogen (secondary N) is 1. The van der Waals surface area contributed by atoms with Crippen LogP contribution >= 0.6 is 23.2 Å². The highest BCUT2D eigenvalue weighted by molar-refractivity contribution is 6.31. The number of anilines is 1. The zero-order chi connectivity index (χ0) is 23.8. The van der Waals surface area contributed by atoms with E-state index >= 15 is 4.39 Å². The van der Waals surface area contributed by atoms with Crippen molar-refractivity contribution in [2.45, 2.75) is 62.2 Å². The second-order valence-electron chi connectivity index (χ2n) is 9.13. The van der Waals surface area contributed by atoms with Crippen molar-refractivity contribution < 1.29 is 14.3 Å². The van der Waals surface area contributed by atoms with Crippen molar-refractivity contribution in [3.05, 3.63) is 64.5 Å². The normalized spacial score (nSPS) is 31.2. The van der Waals surface area contributed by atoms with Crippen molar-refractivity contribution in [2.75, 3.05) is 11.9 Å². The quantitative estimate of drug-likeness (QED) is 0.398. The van der Waals surface area contributed by atoms with Gasteiger partial charge >= 0.3 is 0 Å². The number of nitrogens with zero attached hydrogens (tertiary/aromatic N) is 1. The summed E-state index contributed by atoms with van der Waals surface area (Å²) in [6, 6.07) is 3.80. The van der Waals surface area contributed by atoms with Crippen molar-refractivity contribution in [3.8, 4) is 0 Å². The van der Waals surface area contributed by atoms with Crippen molar-refractivity contribution in [2.24, 2.45) is 11.7 Å². The summed E-state index contributed by atoms with van der Waals surface area (Å²) in [4.78, 5) is 15.9. The molecule has 1 saturated heterocycles. The highest BCUT2D eigenvalue weighted by Gasteiger charge is 2.68. The number of likely N-dealkylation sites (tertiary alicyclic amines) is 1. The Labute approximate surface area is 204 Å². The molecule has 5 nitrogen and oxygen atoms in total. The minimum atomic E-state index is -1.38. The van der Waals surface area contributed by atoms with Gasteiger partial charge in [-0.25, -0.2) is 4.39 Å². The van der Waals surface area contributed by atoms with Crippen LogP contribution in [-0.2, 0) is 10.3 Å². The van der Waals surface area contributed by atoms with Crippen LogP contribution in [0, 0.1) is 5.92 Å². The second-order valence-corrected chi connectivity index (χ2v) is 10.0. The van der Waals surface area contributed by atoms with Crippen LogP contribution in [-0.4, -0.2) is 40.6 Å². The fraction of sp³-hybridized carbons (Fsp3) is 0.480. The number of aliphatic hydroxyl groups is 1. The molecule has 1 spiro atoms. The van der Waals surface area contributed by atoms with E-state index in [9.17, 15) is 9.90 Å². The van der Waals surface area contributed by atoms with Crippen LogP contribution in [0.1, 0.15) is 44.1 Å². The van der Waals surface area contributed by atoms with Gasteiger partial charge in [-0.1, -0.05) is 67.6 Å². The van der Waals surface area contributed by atoms with Crippen molar-refractivity contribution in [3.63, 3.8) is 0 Å². The average molecular weight is 494 g/mol. The van der Waals surface area contributed by atoms with E-state index in [4.69, 9.17) is 28.9 Å². The molecule has 2 aliphatic heterocycles. The van der Waals surface area contributed by atoms with Gasteiger partial charge in [-0.05, 0) is 37.1 Å². The predicted molar refractivity (Wildman–Crippen MR) is 131 cm³/mol. The van der Waals surface area contributed by atoms with E-state index < -0.39 is 29.4 Å². The molecule has 0 aromatic heterocycles. The van der Waals surface area contributed by atoms with Crippen LogP contribution in [0.4, 0.5) is 10.1 Å². The number of nitrogens with two attached hydrogens (primary N) is 1. The lowest BCUT2D eigenvalue weighted by atomic mass is 9.76. The molecule has 2 heterocycles. The van der Waals surface area contributed by atoms with Gasteiger partial charge in [0.05, 0.1) is 18.6 Å². The first-order valence-corrected chi connectivity index (χ1v) is 12.2. The van der Waals surface area contributed by atoms with Gasteiger partial charge in [0.25, 0.3) is 0 Å². The maximum Gasteiger partial charge on any atom is 0.250 e. The highest BCUT2D eigenvalue weighted by atomic mass is 35.5. The molecule has 33 heavy (non-hydrogen) atoms. The Hall–Kier alpha value is -1.70. The molecular formula is C25H30Cl2FN3O2. The summed E-state index contributed by atoms with van der Waals surface area (Å²) in [6.07, 6.45) is 10.2. The van der Waals surface area contributed by atoms with Crippen molar-refractivity contribution in [1.82, 2.24) is 4.90 Å². The number of amides is 1. The lowest BCUT2D eigenvalue weighted by molar-refractivity contribution is -0.131. The molecule has 1 amide bonds. The lowest BCUT2D eigenvalue weighted by Crippen LogP contribution is -2.57. The fourth-order valence-corrected chi connectivity index (χ4v) is 6.25. The fourth-order valence-electron chi connectivity index (χ4n) is 6.00. The Kier molecular flexibility index (Phi) is 7.32. The highest BCUT2D eigenvalue weighted by Crippen LogP contribution is 2.56. The van der Waals surface area contributed by atoms with Gasteiger partial charge in [0, 0.05) is 33.4 Å². The molecule has 178 valence electrons. The molecule has 3 aliphatic rings. The predicted octanol–water partition coefficient (Wildman–Crippen LogP) is 4.99. The van der Waals surface area contributed by atoms with Gasteiger partial charge < -0.3 is 16.2 Å². The topological polar surface area (TPSA) is 78.6 Å². The third kappa shape index (κ3) is 4.17. The third-order valence-electron chi connectivity index (χ3n) is 7.27. The molecule has 4 rings (SSSR count). The van der Waals surface area contributed by atoms with Crippen molar-refractivity contribution in [1.29, 1.82) is 0 Å². The van der Waals surface area contributed by atoms with E-state index in [-0.39, 0.29) is 23.6 Å². The summed E-state index contributed by atoms with van der Waals surface area (Å²) in [6.45, 7) is 3.31. The Balaban J connectivity index is 1.93. The average Bonchev–Trinajstić information content (AvgIpc) is 3.02. The van der Waals surface area contributed by atoms with E-state index in [0.717, 1.165) is 38.5 Å². The summed E-state index contributed by atoms with van der Waals surface area (Å²) in [7, 11) is 0. The largest absolute Gasteiger partial charge is 0.395 e. The van der Waals surface area contributed by atoms with Crippen molar-refractivity contribution >= 4 is 34.8 Å². The Morgan fingerprint density at radius 3 is 2.67 bits per heavy atom. The van der Waals surface area contributed by atoms with Gasteiger partial charge in [-0.3, -0.25) is 9.69 Å². The zero-order valence-electron chi connectivity index (χ0n) is 18.4. The molecule has 2 fully saturated rings. The van der Waals surface area contributed by atoms with E-state index in [1.807, 2.05) is 4.90 Å². The summed E-state index contributed by atoms with van der Waals surface area (Å²) in [5.41, 5.74) is 6.47. The summed E-state index contributed by atoms with van der Waals surface area (Å²) in [5.74, 6) is -1.87. The number of halogens is 3. The molecule has 1 aliphatic carbocycles. The zero-order valence-corrected chi connectivity index (χ0v) is 20.0. The van der Waals surface area contributed by atoms with Gasteiger partial charge in [0.2, 0.25) is 5.91 Å². The molecule has 0 unspecified atom stereocenters. The third-order valence-corrected chi connectivity index (χ3v) is 7.63. The van der Waals surface area contributed by atoms with Gasteiger partial charge in [0.1, 0.15) is 11.4 Å². The standard InChI is InChI=1S/C25H30Cl2FN3O2/c1-15(26)7-6-10-19(28)22-23(29)21(14-32)31(17-8-4-2-3-5-9-17)25(22)18-12-11-16(27)13-20(18)30-24(25)33/h6-7,10-13,17,21-23,32H,1-5,8-9,14,29H2,(H,30,33)/b7-6-,19-10-/t21-,22-,23+,25+/m0/s1. The number of fused-ring (bicyclic) bond motifs is 2.